The Labute approximate surface area is 145 Å². The topological polar surface area (TPSA) is 61.3 Å². The van der Waals surface area contributed by atoms with Gasteiger partial charge >= 0.3 is 0 Å². The van der Waals surface area contributed by atoms with E-state index >= 15 is 0 Å². The summed E-state index contributed by atoms with van der Waals surface area (Å²) in [6, 6.07) is 14.0. The van der Waals surface area contributed by atoms with Gasteiger partial charge in [-0.05, 0) is 23.8 Å². The number of thiazole rings is 1. The van der Waals surface area contributed by atoms with Crippen molar-refractivity contribution in [2.45, 2.75) is 13.1 Å². The monoisotopic (exact) mass is 340 g/mol. The van der Waals surface area contributed by atoms with Crippen LogP contribution in [0.15, 0.2) is 60.2 Å². The molecule has 124 valence electrons. The maximum Gasteiger partial charge on any atom is 0.187 e. The van der Waals surface area contributed by atoms with E-state index in [1.165, 1.54) is 0 Å². The molecular formula is C18H20N4OS. The Hall–Kier alpha value is -2.28. The molecule has 3 aromatic rings. The van der Waals surface area contributed by atoms with Crippen LogP contribution in [0, 0.1) is 0 Å². The molecule has 5 nitrogen and oxygen atoms in total. The fraction of sp³-hybridized carbons (Fsp3) is 0.222. The molecule has 0 atom stereocenters. The van der Waals surface area contributed by atoms with Gasteiger partial charge in [-0.1, -0.05) is 24.3 Å². The average molecular weight is 340 g/mol. The Morgan fingerprint density at radius 1 is 1.08 bits per heavy atom. The summed E-state index contributed by atoms with van der Waals surface area (Å²) in [5.74, 6) is 0. The summed E-state index contributed by atoms with van der Waals surface area (Å²) in [6.07, 6.45) is 3.62. The van der Waals surface area contributed by atoms with Gasteiger partial charge in [0.1, 0.15) is 0 Å². The second-order valence-electron chi connectivity index (χ2n) is 5.43. The third-order valence-electron chi connectivity index (χ3n) is 3.51. The number of nitrogens with zero attached hydrogens (tertiary/aromatic N) is 3. The van der Waals surface area contributed by atoms with Crippen molar-refractivity contribution in [3.8, 4) is 0 Å². The molecule has 0 saturated heterocycles. The number of para-hydroxylation sites is 1. The van der Waals surface area contributed by atoms with Crippen molar-refractivity contribution >= 4 is 22.2 Å². The van der Waals surface area contributed by atoms with E-state index in [2.05, 4.69) is 25.6 Å². The minimum Gasteiger partial charge on any atom is -0.395 e. The molecular weight excluding hydrogens is 320 g/mol. The lowest BCUT2D eigenvalue weighted by atomic mass is 10.2. The van der Waals surface area contributed by atoms with Crippen LogP contribution in [-0.4, -0.2) is 33.1 Å². The first-order chi connectivity index (χ1) is 11.8. The van der Waals surface area contributed by atoms with Crippen molar-refractivity contribution in [2.24, 2.45) is 0 Å². The van der Waals surface area contributed by atoms with E-state index in [-0.39, 0.29) is 6.61 Å². The maximum absolute atomic E-state index is 9.31. The van der Waals surface area contributed by atoms with Crippen LogP contribution in [0.4, 0.5) is 10.8 Å². The molecule has 2 heterocycles. The van der Waals surface area contributed by atoms with Crippen LogP contribution < -0.4 is 5.32 Å². The molecule has 24 heavy (non-hydrogen) atoms. The quantitative estimate of drug-likeness (QED) is 0.659. The van der Waals surface area contributed by atoms with Crippen LogP contribution in [0.25, 0.3) is 0 Å². The number of hydrogen-bond acceptors (Lipinski definition) is 6. The molecule has 0 aliphatic heterocycles. The number of benzene rings is 1. The minimum atomic E-state index is 0.125. The highest BCUT2D eigenvalue weighted by Gasteiger charge is 2.10. The summed E-state index contributed by atoms with van der Waals surface area (Å²) < 4.78 is 0. The zero-order valence-electron chi connectivity index (χ0n) is 13.3. The predicted molar refractivity (Wildman–Crippen MR) is 97.3 cm³/mol. The molecule has 1 aromatic carbocycles. The minimum absolute atomic E-state index is 0.125. The molecule has 0 bridgehead atoms. The standard InChI is InChI=1S/C18H20N4OS/c23-10-9-22(12-15-5-4-8-19-11-15)13-17-14-24-18(21-17)20-16-6-2-1-3-7-16/h1-8,11,14,23H,9-10,12-13H2,(H,20,21). The lowest BCUT2D eigenvalue weighted by molar-refractivity contribution is 0.183. The molecule has 0 aliphatic rings. The van der Waals surface area contributed by atoms with E-state index in [0.717, 1.165) is 28.6 Å². The summed E-state index contributed by atoms with van der Waals surface area (Å²) in [5.41, 5.74) is 3.15. The first-order valence-corrected chi connectivity index (χ1v) is 8.70. The Morgan fingerprint density at radius 2 is 1.96 bits per heavy atom. The van der Waals surface area contributed by atoms with Crippen molar-refractivity contribution in [3.63, 3.8) is 0 Å². The number of aromatic nitrogens is 2. The summed E-state index contributed by atoms with van der Waals surface area (Å²) in [7, 11) is 0. The second-order valence-corrected chi connectivity index (χ2v) is 6.29. The van der Waals surface area contributed by atoms with Gasteiger partial charge in [-0.2, -0.15) is 0 Å². The molecule has 0 aliphatic carbocycles. The van der Waals surface area contributed by atoms with Crippen molar-refractivity contribution < 1.29 is 5.11 Å². The van der Waals surface area contributed by atoms with Gasteiger partial charge in [0.2, 0.25) is 0 Å². The van der Waals surface area contributed by atoms with Gasteiger partial charge in [0, 0.05) is 43.1 Å². The largest absolute Gasteiger partial charge is 0.395 e. The fourth-order valence-corrected chi connectivity index (χ4v) is 3.14. The summed E-state index contributed by atoms with van der Waals surface area (Å²) >= 11 is 1.59. The first kappa shape index (κ1) is 16.6. The fourth-order valence-electron chi connectivity index (χ4n) is 2.42. The molecule has 2 N–H and O–H groups in total. The van der Waals surface area contributed by atoms with E-state index in [0.29, 0.717) is 13.1 Å². The molecule has 0 saturated carbocycles. The van der Waals surface area contributed by atoms with Gasteiger partial charge in [0.25, 0.3) is 0 Å². The Balaban J connectivity index is 1.62. The molecule has 6 heteroatoms. The van der Waals surface area contributed by atoms with Crippen molar-refractivity contribution in [2.75, 3.05) is 18.5 Å². The summed E-state index contributed by atoms with van der Waals surface area (Å²) in [6.45, 7) is 2.17. The smallest absolute Gasteiger partial charge is 0.187 e. The Kier molecular flexibility index (Phi) is 5.90. The van der Waals surface area contributed by atoms with Crippen molar-refractivity contribution in [1.29, 1.82) is 0 Å². The second kappa shape index (κ2) is 8.54. The number of aliphatic hydroxyl groups excluding tert-OH is 1. The molecule has 0 fully saturated rings. The van der Waals surface area contributed by atoms with Gasteiger partial charge in [-0.25, -0.2) is 4.98 Å². The van der Waals surface area contributed by atoms with E-state index in [1.807, 2.05) is 48.7 Å². The Morgan fingerprint density at radius 3 is 2.71 bits per heavy atom. The number of hydrogen-bond donors (Lipinski definition) is 2. The van der Waals surface area contributed by atoms with E-state index in [4.69, 9.17) is 0 Å². The van der Waals surface area contributed by atoms with Crippen LogP contribution in [0.2, 0.25) is 0 Å². The van der Waals surface area contributed by atoms with Crippen LogP contribution >= 0.6 is 11.3 Å². The van der Waals surface area contributed by atoms with Crippen LogP contribution in [0.1, 0.15) is 11.3 Å². The summed E-state index contributed by atoms with van der Waals surface area (Å²) in [5, 5.41) is 15.5. The SMILES string of the molecule is OCCN(Cc1cccnc1)Cc1csc(Nc2ccccc2)n1. The Bertz CT molecular complexity index is 733. The van der Waals surface area contributed by atoms with Crippen molar-refractivity contribution in [3.05, 3.63) is 71.5 Å². The van der Waals surface area contributed by atoms with E-state index in [9.17, 15) is 5.11 Å². The highest BCUT2D eigenvalue weighted by atomic mass is 32.1. The van der Waals surface area contributed by atoms with Crippen LogP contribution in [-0.2, 0) is 13.1 Å². The van der Waals surface area contributed by atoms with Gasteiger partial charge in [-0.3, -0.25) is 9.88 Å². The highest BCUT2D eigenvalue weighted by Crippen LogP contribution is 2.21. The predicted octanol–water partition coefficient (Wildman–Crippen LogP) is 3.28. The van der Waals surface area contributed by atoms with Crippen LogP contribution in [0.3, 0.4) is 0 Å². The van der Waals surface area contributed by atoms with E-state index < -0.39 is 0 Å². The lowest BCUT2D eigenvalue weighted by Gasteiger charge is -2.20. The van der Waals surface area contributed by atoms with Gasteiger partial charge < -0.3 is 10.4 Å². The third kappa shape index (κ3) is 4.86. The molecule has 2 aromatic heterocycles. The third-order valence-corrected chi connectivity index (χ3v) is 4.31. The van der Waals surface area contributed by atoms with Crippen LogP contribution in [0.5, 0.6) is 0 Å². The molecule has 0 radical (unpaired) electrons. The molecule has 0 spiro atoms. The number of pyridine rings is 1. The summed E-state index contributed by atoms with van der Waals surface area (Å²) in [4.78, 5) is 10.9. The van der Waals surface area contributed by atoms with Gasteiger partial charge in [0.05, 0.1) is 12.3 Å². The number of nitrogens with one attached hydrogen (secondary N) is 1. The molecule has 0 unspecified atom stereocenters. The first-order valence-electron chi connectivity index (χ1n) is 7.82. The van der Waals surface area contributed by atoms with Gasteiger partial charge in [0.15, 0.2) is 5.13 Å². The molecule has 0 amide bonds. The highest BCUT2D eigenvalue weighted by molar-refractivity contribution is 7.13. The van der Waals surface area contributed by atoms with Gasteiger partial charge in [-0.15, -0.1) is 11.3 Å². The van der Waals surface area contributed by atoms with E-state index in [1.54, 1.807) is 17.5 Å². The maximum atomic E-state index is 9.31. The number of rotatable bonds is 8. The normalized spacial score (nSPS) is 10.9. The average Bonchev–Trinajstić information content (AvgIpc) is 3.04. The number of anilines is 2. The zero-order chi connectivity index (χ0) is 16.6. The number of aliphatic hydroxyl groups is 1. The molecule has 3 rings (SSSR count). The van der Waals surface area contributed by atoms with Crippen molar-refractivity contribution in [1.82, 2.24) is 14.9 Å². The zero-order valence-corrected chi connectivity index (χ0v) is 14.1. The lowest BCUT2D eigenvalue weighted by Crippen LogP contribution is -2.26.